The summed E-state index contributed by atoms with van der Waals surface area (Å²) in [6.07, 6.45) is 10.3. The fraction of sp³-hybridized carbons (Fsp3) is 0.467. The van der Waals surface area contributed by atoms with E-state index in [0.717, 1.165) is 55.5 Å². The third-order valence-electron chi connectivity index (χ3n) is 9.17. The fourth-order valence-corrected chi connectivity index (χ4v) is 8.86. The largest absolute Gasteiger partial charge is 0.494 e. The van der Waals surface area contributed by atoms with Crippen molar-refractivity contribution in [2.75, 3.05) is 6.61 Å². The molecule has 0 radical (unpaired) electrons. The Labute approximate surface area is 215 Å². The van der Waals surface area contributed by atoms with E-state index in [-0.39, 0.29) is 11.9 Å². The summed E-state index contributed by atoms with van der Waals surface area (Å²) in [7, 11) is 0. The smallest absolute Gasteiger partial charge is 0.251 e. The van der Waals surface area contributed by atoms with Gasteiger partial charge in [-0.3, -0.25) is 9.20 Å². The van der Waals surface area contributed by atoms with E-state index in [4.69, 9.17) is 9.72 Å². The number of carbonyl (C=O) groups is 1. The quantitative estimate of drug-likeness (QED) is 0.312. The van der Waals surface area contributed by atoms with Crippen LogP contribution in [0.4, 0.5) is 0 Å². The van der Waals surface area contributed by atoms with Crippen molar-refractivity contribution in [3.63, 3.8) is 0 Å². The Bertz CT molecular complexity index is 1420. The number of aromatic nitrogens is 2. The van der Waals surface area contributed by atoms with Crippen LogP contribution in [0.3, 0.4) is 0 Å². The number of nitrogens with zero attached hydrogens (tertiary/aromatic N) is 2. The van der Waals surface area contributed by atoms with Crippen LogP contribution >= 0.6 is 11.3 Å². The van der Waals surface area contributed by atoms with Crippen LogP contribution in [0.15, 0.2) is 48.7 Å². The molecule has 6 heteroatoms. The number of carbonyl (C=O) groups excluding carboxylic acids is 1. The minimum Gasteiger partial charge on any atom is -0.494 e. The van der Waals surface area contributed by atoms with Gasteiger partial charge in [0.05, 0.1) is 22.5 Å². The molecule has 4 aromatic rings. The molecule has 36 heavy (non-hydrogen) atoms. The Morgan fingerprint density at radius 1 is 1.11 bits per heavy atom. The van der Waals surface area contributed by atoms with Crippen LogP contribution < -0.4 is 10.1 Å². The summed E-state index contributed by atoms with van der Waals surface area (Å²) in [5.74, 6) is 3.60. The molecule has 8 rings (SSSR count). The molecule has 2 heterocycles. The maximum atomic E-state index is 13.3. The van der Waals surface area contributed by atoms with E-state index in [1.807, 2.05) is 43.3 Å². The van der Waals surface area contributed by atoms with Crippen molar-refractivity contribution in [3.8, 4) is 17.0 Å². The predicted octanol–water partition coefficient (Wildman–Crippen LogP) is 6.95. The molecule has 5 nitrogen and oxygen atoms in total. The van der Waals surface area contributed by atoms with Crippen LogP contribution in [-0.4, -0.2) is 27.9 Å². The normalized spacial score (nSPS) is 27.6. The maximum Gasteiger partial charge on any atom is 0.251 e. The second-order valence-electron chi connectivity index (χ2n) is 11.5. The summed E-state index contributed by atoms with van der Waals surface area (Å²) < 4.78 is 8.78. The van der Waals surface area contributed by atoms with E-state index < -0.39 is 0 Å². The van der Waals surface area contributed by atoms with Crippen LogP contribution in [0.2, 0.25) is 0 Å². The molecule has 4 fully saturated rings. The number of ether oxygens (including phenoxy) is 1. The molecule has 1 atom stereocenters. The summed E-state index contributed by atoms with van der Waals surface area (Å²) in [5.41, 5.74) is 4.16. The first kappa shape index (κ1) is 22.3. The SMILES string of the molecule is CCOc1ccc(-c2cn3c(n2)sc2cc(C(=O)N[C@H](C)C45CC6CC(CC(C6)C4)C5)ccc23)cc1. The van der Waals surface area contributed by atoms with E-state index in [1.165, 1.54) is 38.5 Å². The summed E-state index contributed by atoms with van der Waals surface area (Å²) in [6.45, 7) is 4.90. The molecule has 1 N–H and O–H groups in total. The average molecular weight is 500 g/mol. The first-order valence-corrected chi connectivity index (χ1v) is 14.3. The highest BCUT2D eigenvalue weighted by molar-refractivity contribution is 7.23. The van der Waals surface area contributed by atoms with Gasteiger partial charge in [0.15, 0.2) is 4.96 Å². The zero-order valence-corrected chi connectivity index (χ0v) is 21.8. The molecule has 4 saturated carbocycles. The molecule has 0 unspecified atom stereocenters. The molecule has 2 aromatic heterocycles. The van der Waals surface area contributed by atoms with Crippen molar-refractivity contribution in [2.45, 2.75) is 58.4 Å². The lowest BCUT2D eigenvalue weighted by Gasteiger charge is -2.59. The van der Waals surface area contributed by atoms with Gasteiger partial charge in [0.1, 0.15) is 5.75 Å². The van der Waals surface area contributed by atoms with Gasteiger partial charge >= 0.3 is 0 Å². The third kappa shape index (κ3) is 3.64. The van der Waals surface area contributed by atoms with Crippen molar-refractivity contribution in [1.82, 2.24) is 14.7 Å². The first-order valence-electron chi connectivity index (χ1n) is 13.5. The molecule has 186 valence electrons. The summed E-state index contributed by atoms with van der Waals surface area (Å²) in [4.78, 5) is 19.1. The molecular weight excluding hydrogens is 466 g/mol. The molecule has 2 aromatic carbocycles. The van der Waals surface area contributed by atoms with Gasteiger partial charge < -0.3 is 10.1 Å². The minimum absolute atomic E-state index is 0.0567. The van der Waals surface area contributed by atoms with Gasteiger partial charge in [-0.15, -0.1) is 0 Å². The zero-order chi connectivity index (χ0) is 24.4. The highest BCUT2D eigenvalue weighted by atomic mass is 32.1. The van der Waals surface area contributed by atoms with Gasteiger partial charge in [0.2, 0.25) is 0 Å². The van der Waals surface area contributed by atoms with Crippen molar-refractivity contribution >= 4 is 32.4 Å². The highest BCUT2D eigenvalue weighted by Gasteiger charge is 2.53. The second kappa shape index (κ2) is 8.34. The molecule has 4 aliphatic carbocycles. The number of thiazole rings is 1. The summed E-state index contributed by atoms with van der Waals surface area (Å²) >= 11 is 1.63. The molecule has 0 aliphatic heterocycles. The number of imidazole rings is 1. The molecule has 0 saturated heterocycles. The Balaban J connectivity index is 1.11. The van der Waals surface area contributed by atoms with Gasteiger partial charge in [-0.05, 0) is 118 Å². The lowest BCUT2D eigenvalue weighted by molar-refractivity contribution is -0.0688. The van der Waals surface area contributed by atoms with E-state index in [1.54, 1.807) is 11.3 Å². The number of benzene rings is 2. The Kier molecular flexibility index (Phi) is 5.18. The lowest BCUT2D eigenvalue weighted by Crippen LogP contribution is -2.55. The van der Waals surface area contributed by atoms with Gasteiger partial charge in [-0.1, -0.05) is 11.3 Å². The van der Waals surface area contributed by atoms with Gasteiger partial charge in [-0.2, -0.15) is 0 Å². The van der Waals surface area contributed by atoms with Crippen molar-refractivity contribution in [3.05, 3.63) is 54.2 Å². The van der Waals surface area contributed by atoms with Gasteiger partial charge in [-0.25, -0.2) is 4.98 Å². The first-order chi connectivity index (χ1) is 17.5. The van der Waals surface area contributed by atoms with Gasteiger partial charge in [0.25, 0.3) is 5.91 Å². The van der Waals surface area contributed by atoms with Crippen LogP contribution in [0.5, 0.6) is 5.75 Å². The topological polar surface area (TPSA) is 55.6 Å². The monoisotopic (exact) mass is 499 g/mol. The average Bonchev–Trinajstić information content (AvgIpc) is 3.41. The van der Waals surface area contributed by atoms with Crippen LogP contribution in [-0.2, 0) is 0 Å². The van der Waals surface area contributed by atoms with E-state index in [9.17, 15) is 4.79 Å². The highest BCUT2D eigenvalue weighted by Crippen LogP contribution is 2.61. The minimum atomic E-state index is 0.0567. The van der Waals surface area contributed by atoms with Crippen LogP contribution in [0, 0.1) is 23.2 Å². The molecule has 4 aliphatic rings. The molecule has 4 bridgehead atoms. The zero-order valence-electron chi connectivity index (χ0n) is 21.0. The summed E-state index contributed by atoms with van der Waals surface area (Å²) in [6, 6.07) is 14.4. The van der Waals surface area contributed by atoms with E-state index >= 15 is 0 Å². The Hall–Kier alpha value is -2.86. The van der Waals surface area contributed by atoms with Crippen molar-refractivity contribution < 1.29 is 9.53 Å². The van der Waals surface area contributed by atoms with Crippen LogP contribution in [0.1, 0.15) is 62.7 Å². The number of fused-ring (bicyclic) bond motifs is 3. The predicted molar refractivity (Wildman–Crippen MR) is 145 cm³/mol. The maximum absolute atomic E-state index is 13.3. The standard InChI is InChI=1S/C30H33N3O2S/c1-3-35-24-7-4-22(5-8-24)25-17-33-26-9-6-23(13-27(26)36-29(33)32-25)28(34)31-18(2)30-14-19-10-20(15-30)12-21(11-19)16-30/h4-9,13,17-21H,3,10-12,14-16H2,1-2H3,(H,31,34)/t18-,19?,20?,21?,30?/m1/s1. The lowest BCUT2D eigenvalue weighted by atomic mass is 9.48. The van der Waals surface area contributed by atoms with Gasteiger partial charge in [0, 0.05) is 23.4 Å². The summed E-state index contributed by atoms with van der Waals surface area (Å²) in [5, 5.41) is 3.42. The number of hydrogen-bond acceptors (Lipinski definition) is 4. The molecule has 0 spiro atoms. The Morgan fingerprint density at radius 2 is 1.81 bits per heavy atom. The molecular formula is C30H33N3O2S. The van der Waals surface area contributed by atoms with E-state index in [0.29, 0.717) is 12.0 Å². The fourth-order valence-electron chi connectivity index (χ4n) is 7.81. The third-order valence-corrected chi connectivity index (χ3v) is 10.2. The van der Waals surface area contributed by atoms with Crippen LogP contribution in [0.25, 0.3) is 26.4 Å². The Morgan fingerprint density at radius 3 is 2.47 bits per heavy atom. The van der Waals surface area contributed by atoms with E-state index in [2.05, 4.69) is 28.9 Å². The van der Waals surface area contributed by atoms with Crippen molar-refractivity contribution in [2.24, 2.45) is 23.2 Å². The number of rotatable bonds is 6. The number of amides is 1. The number of hydrogen-bond donors (Lipinski definition) is 1. The van der Waals surface area contributed by atoms with Crippen molar-refractivity contribution in [1.29, 1.82) is 0 Å². The molecule has 1 amide bonds. The second-order valence-corrected chi connectivity index (χ2v) is 12.5. The number of nitrogens with one attached hydrogen (secondary N) is 1.